The Morgan fingerprint density at radius 2 is 2.08 bits per heavy atom. The Morgan fingerprint density at radius 3 is 2.67 bits per heavy atom. The second kappa shape index (κ2) is 3.27. The zero-order valence-electron chi connectivity index (χ0n) is 7.26. The van der Waals surface area contributed by atoms with Gasteiger partial charge in [0, 0.05) is 5.56 Å². The zero-order chi connectivity index (χ0) is 9.14. The van der Waals surface area contributed by atoms with E-state index >= 15 is 0 Å². The van der Waals surface area contributed by atoms with Crippen LogP contribution in [0.2, 0.25) is 0 Å². The van der Waals surface area contributed by atoms with Crippen molar-refractivity contribution >= 4 is 0 Å². The van der Waals surface area contributed by atoms with Crippen molar-refractivity contribution in [2.75, 3.05) is 0 Å². The zero-order valence-corrected chi connectivity index (χ0v) is 7.26. The van der Waals surface area contributed by atoms with Crippen molar-refractivity contribution in [1.82, 2.24) is 0 Å². The van der Waals surface area contributed by atoms with E-state index in [0.29, 0.717) is 0 Å². The number of hydrogen-bond donors (Lipinski definition) is 1. The number of benzene rings is 1. The third kappa shape index (κ3) is 1.57. The van der Waals surface area contributed by atoms with E-state index in [-0.39, 0.29) is 12.2 Å². The summed E-state index contributed by atoms with van der Waals surface area (Å²) < 4.78 is 0. The molecule has 62 valence electrons. The van der Waals surface area contributed by atoms with Crippen LogP contribution in [0.1, 0.15) is 16.7 Å². The third-order valence-corrected chi connectivity index (χ3v) is 1.79. The molecular formula is C10H11NO. The van der Waals surface area contributed by atoms with Gasteiger partial charge < -0.3 is 5.11 Å². The van der Waals surface area contributed by atoms with Crippen molar-refractivity contribution in [3.63, 3.8) is 0 Å². The van der Waals surface area contributed by atoms with Gasteiger partial charge in [-0.25, -0.2) is 0 Å². The van der Waals surface area contributed by atoms with Crippen LogP contribution >= 0.6 is 0 Å². The predicted octanol–water partition coefficient (Wildman–Crippen LogP) is 2.08. The van der Waals surface area contributed by atoms with E-state index in [4.69, 9.17) is 5.26 Å². The van der Waals surface area contributed by atoms with Crippen LogP contribution in [0.25, 0.3) is 0 Å². The first-order chi connectivity index (χ1) is 5.65. The van der Waals surface area contributed by atoms with E-state index in [2.05, 4.69) is 0 Å². The van der Waals surface area contributed by atoms with Gasteiger partial charge in [0.1, 0.15) is 5.75 Å². The summed E-state index contributed by atoms with van der Waals surface area (Å²) in [6.45, 7) is 3.79. The van der Waals surface area contributed by atoms with Crippen molar-refractivity contribution in [3.05, 3.63) is 28.8 Å². The number of rotatable bonds is 1. The molecule has 12 heavy (non-hydrogen) atoms. The highest BCUT2D eigenvalue weighted by Crippen LogP contribution is 2.23. The maximum absolute atomic E-state index is 9.50. The van der Waals surface area contributed by atoms with Gasteiger partial charge in [-0.3, -0.25) is 0 Å². The number of nitriles is 1. The lowest BCUT2D eigenvalue weighted by Gasteiger charge is -2.05. The summed E-state index contributed by atoms with van der Waals surface area (Å²) >= 11 is 0. The molecule has 0 fully saturated rings. The molecule has 0 atom stereocenters. The van der Waals surface area contributed by atoms with E-state index in [1.807, 2.05) is 32.0 Å². The quantitative estimate of drug-likeness (QED) is 0.685. The Morgan fingerprint density at radius 1 is 1.42 bits per heavy atom. The standard InChI is InChI=1S/C10H11NO/c1-7-5-8(2)10(12)9(6-7)3-4-11/h5-6,12H,3H2,1-2H3. The Labute approximate surface area is 72.1 Å². The normalized spacial score (nSPS) is 9.42. The van der Waals surface area contributed by atoms with Crippen LogP contribution in [-0.4, -0.2) is 5.11 Å². The molecule has 0 radical (unpaired) electrons. The minimum absolute atomic E-state index is 0.252. The molecule has 0 aliphatic rings. The fourth-order valence-electron chi connectivity index (χ4n) is 1.27. The van der Waals surface area contributed by atoms with Gasteiger partial charge in [0.25, 0.3) is 0 Å². The maximum atomic E-state index is 9.50. The molecule has 0 aliphatic heterocycles. The van der Waals surface area contributed by atoms with Crippen LogP contribution in [0.15, 0.2) is 12.1 Å². The van der Waals surface area contributed by atoms with E-state index in [1.165, 1.54) is 0 Å². The lowest BCUT2D eigenvalue weighted by molar-refractivity contribution is 0.465. The Bertz CT molecular complexity index is 336. The molecule has 0 aliphatic carbocycles. The molecule has 2 heteroatoms. The molecule has 1 N–H and O–H groups in total. The highest BCUT2D eigenvalue weighted by atomic mass is 16.3. The molecule has 0 heterocycles. The molecule has 1 aromatic rings. The highest BCUT2D eigenvalue weighted by molar-refractivity contribution is 5.43. The van der Waals surface area contributed by atoms with E-state index in [1.54, 1.807) is 0 Å². The SMILES string of the molecule is Cc1cc(C)c(O)c(CC#N)c1. The summed E-state index contributed by atoms with van der Waals surface area (Å²) in [4.78, 5) is 0. The van der Waals surface area contributed by atoms with Gasteiger partial charge in [0.05, 0.1) is 12.5 Å². The van der Waals surface area contributed by atoms with Crippen LogP contribution in [0.5, 0.6) is 5.75 Å². The Hall–Kier alpha value is -1.49. The monoisotopic (exact) mass is 161 g/mol. The minimum Gasteiger partial charge on any atom is -0.507 e. The Kier molecular flexibility index (Phi) is 2.35. The molecule has 1 aromatic carbocycles. The molecule has 0 aromatic heterocycles. The molecule has 0 bridgehead atoms. The second-order valence-electron chi connectivity index (χ2n) is 2.92. The van der Waals surface area contributed by atoms with Gasteiger partial charge >= 0.3 is 0 Å². The number of nitrogens with zero attached hydrogens (tertiary/aromatic N) is 1. The fraction of sp³-hybridized carbons (Fsp3) is 0.300. The smallest absolute Gasteiger partial charge is 0.122 e. The molecule has 2 nitrogen and oxygen atoms in total. The summed E-state index contributed by atoms with van der Waals surface area (Å²) in [5, 5.41) is 18.0. The van der Waals surface area contributed by atoms with Crippen LogP contribution in [0.3, 0.4) is 0 Å². The summed E-state index contributed by atoms with van der Waals surface area (Å²) in [5.74, 6) is 0.252. The first-order valence-corrected chi connectivity index (χ1v) is 3.81. The Balaban J connectivity index is 3.20. The van der Waals surface area contributed by atoms with Gasteiger partial charge in [-0.05, 0) is 19.4 Å². The van der Waals surface area contributed by atoms with Gasteiger partial charge in [-0.15, -0.1) is 0 Å². The largest absolute Gasteiger partial charge is 0.507 e. The van der Waals surface area contributed by atoms with Crippen LogP contribution in [0, 0.1) is 25.2 Å². The van der Waals surface area contributed by atoms with Crippen molar-refractivity contribution in [2.45, 2.75) is 20.3 Å². The topological polar surface area (TPSA) is 44.0 Å². The van der Waals surface area contributed by atoms with E-state index in [9.17, 15) is 5.11 Å². The summed E-state index contributed by atoms with van der Waals surface area (Å²) in [5.41, 5.74) is 2.63. The fourth-order valence-corrected chi connectivity index (χ4v) is 1.27. The molecular weight excluding hydrogens is 150 g/mol. The third-order valence-electron chi connectivity index (χ3n) is 1.79. The molecule has 0 spiro atoms. The lowest BCUT2D eigenvalue weighted by Crippen LogP contribution is -1.87. The average Bonchev–Trinajstić information content (AvgIpc) is 2.00. The summed E-state index contributed by atoms with van der Waals surface area (Å²) in [6.07, 6.45) is 0.272. The first kappa shape index (κ1) is 8.61. The van der Waals surface area contributed by atoms with Crippen molar-refractivity contribution in [3.8, 4) is 11.8 Å². The maximum Gasteiger partial charge on any atom is 0.122 e. The summed E-state index contributed by atoms with van der Waals surface area (Å²) in [7, 11) is 0. The first-order valence-electron chi connectivity index (χ1n) is 3.81. The molecule has 0 unspecified atom stereocenters. The number of aromatic hydroxyl groups is 1. The number of phenolic OH excluding ortho intramolecular Hbond substituents is 1. The molecule has 0 saturated heterocycles. The van der Waals surface area contributed by atoms with Crippen molar-refractivity contribution in [2.24, 2.45) is 0 Å². The van der Waals surface area contributed by atoms with Crippen molar-refractivity contribution < 1.29 is 5.11 Å². The number of aryl methyl sites for hydroxylation is 2. The highest BCUT2D eigenvalue weighted by Gasteiger charge is 2.03. The predicted molar refractivity (Wildman–Crippen MR) is 46.9 cm³/mol. The van der Waals surface area contributed by atoms with Crippen LogP contribution in [0.4, 0.5) is 0 Å². The molecule has 0 saturated carbocycles. The van der Waals surface area contributed by atoms with Gasteiger partial charge in [0.15, 0.2) is 0 Å². The number of phenols is 1. The average molecular weight is 161 g/mol. The lowest BCUT2D eigenvalue weighted by atomic mass is 10.0. The van der Waals surface area contributed by atoms with E-state index < -0.39 is 0 Å². The second-order valence-corrected chi connectivity index (χ2v) is 2.92. The van der Waals surface area contributed by atoms with Gasteiger partial charge in [0.2, 0.25) is 0 Å². The van der Waals surface area contributed by atoms with Crippen molar-refractivity contribution in [1.29, 1.82) is 5.26 Å². The molecule has 0 amide bonds. The van der Waals surface area contributed by atoms with Gasteiger partial charge in [-0.1, -0.05) is 17.7 Å². The summed E-state index contributed by atoms with van der Waals surface area (Å²) in [6, 6.07) is 5.76. The van der Waals surface area contributed by atoms with Crippen LogP contribution < -0.4 is 0 Å². The molecule has 1 rings (SSSR count). The minimum atomic E-state index is 0.252. The van der Waals surface area contributed by atoms with Gasteiger partial charge in [-0.2, -0.15) is 5.26 Å². The number of hydrogen-bond acceptors (Lipinski definition) is 2. The van der Waals surface area contributed by atoms with Crippen LogP contribution in [-0.2, 0) is 6.42 Å². The van der Waals surface area contributed by atoms with E-state index in [0.717, 1.165) is 16.7 Å².